The molecule has 0 bridgehead atoms. The van der Waals surface area contributed by atoms with Crippen LogP contribution in [0.4, 0.5) is 0 Å². The van der Waals surface area contributed by atoms with Crippen LogP contribution in [-0.2, 0) is 6.54 Å². The van der Waals surface area contributed by atoms with Gasteiger partial charge in [-0.05, 0) is 31.0 Å². The highest BCUT2D eigenvalue weighted by Crippen LogP contribution is 2.28. The first kappa shape index (κ1) is 24.2. The van der Waals surface area contributed by atoms with E-state index < -0.39 is 0 Å². The third-order valence-corrected chi connectivity index (χ3v) is 5.59. The average Bonchev–Trinajstić information content (AvgIpc) is 2.69. The number of ether oxygens (including phenoxy) is 2. The number of rotatable bonds is 8. The van der Waals surface area contributed by atoms with E-state index in [0.717, 1.165) is 36.9 Å². The molecule has 2 N–H and O–H groups in total. The van der Waals surface area contributed by atoms with E-state index in [4.69, 9.17) is 19.6 Å². The van der Waals surface area contributed by atoms with Gasteiger partial charge >= 0.3 is 0 Å². The van der Waals surface area contributed by atoms with E-state index in [1.807, 2.05) is 18.2 Å². The van der Waals surface area contributed by atoms with Gasteiger partial charge in [0, 0.05) is 30.6 Å². The number of benzene rings is 1. The Bertz CT molecular complexity index is 589. The highest BCUT2D eigenvalue weighted by molar-refractivity contribution is 14.0. The summed E-state index contributed by atoms with van der Waals surface area (Å²) < 4.78 is 10.9. The van der Waals surface area contributed by atoms with Crippen molar-refractivity contribution < 1.29 is 14.6 Å². The maximum absolute atomic E-state index is 8.91. The number of nitrogens with zero attached hydrogens (tertiary/aromatic N) is 2. The van der Waals surface area contributed by atoms with Crippen LogP contribution in [-0.4, -0.2) is 66.9 Å². The Morgan fingerprint density at radius 2 is 2.19 bits per heavy atom. The molecular weight excluding hydrogens is 477 g/mol. The normalized spacial score (nSPS) is 17.3. The van der Waals surface area contributed by atoms with Gasteiger partial charge < -0.3 is 24.8 Å². The van der Waals surface area contributed by atoms with Crippen molar-refractivity contribution >= 4 is 41.7 Å². The minimum absolute atomic E-state index is 0. The van der Waals surface area contributed by atoms with Gasteiger partial charge in [0.1, 0.15) is 6.61 Å². The predicted molar refractivity (Wildman–Crippen MR) is 124 cm³/mol. The van der Waals surface area contributed by atoms with Crippen molar-refractivity contribution in [1.82, 2.24) is 10.2 Å². The fraction of sp³-hybridized carbons (Fsp3) is 0.632. The van der Waals surface area contributed by atoms with Crippen LogP contribution in [0.2, 0.25) is 0 Å². The van der Waals surface area contributed by atoms with E-state index >= 15 is 0 Å². The van der Waals surface area contributed by atoms with Crippen LogP contribution in [0.1, 0.15) is 25.8 Å². The summed E-state index contributed by atoms with van der Waals surface area (Å²) >= 11 is 2.06. The SMILES string of the molecule is CCNC(=NCc1ccc(OCCO)c(OC)c1)N1CCSC(CC)C1.I. The molecule has 27 heavy (non-hydrogen) atoms. The first-order chi connectivity index (χ1) is 12.7. The van der Waals surface area contributed by atoms with Crippen molar-refractivity contribution in [1.29, 1.82) is 0 Å². The van der Waals surface area contributed by atoms with Gasteiger partial charge in [-0.25, -0.2) is 4.99 Å². The molecule has 0 radical (unpaired) electrons. The summed E-state index contributed by atoms with van der Waals surface area (Å²) in [6, 6.07) is 5.81. The number of thioether (sulfide) groups is 1. The smallest absolute Gasteiger partial charge is 0.194 e. The van der Waals surface area contributed by atoms with E-state index in [2.05, 4.69) is 35.8 Å². The Hall–Kier alpha value is -0.870. The number of aliphatic imine (C=N–C) groups is 1. The molecule has 0 aromatic heterocycles. The number of halogens is 1. The van der Waals surface area contributed by atoms with Crippen LogP contribution in [0, 0.1) is 0 Å². The molecule has 0 aliphatic carbocycles. The minimum Gasteiger partial charge on any atom is -0.493 e. The fourth-order valence-corrected chi connectivity index (χ4v) is 4.02. The van der Waals surface area contributed by atoms with Gasteiger partial charge in [-0.2, -0.15) is 11.8 Å². The van der Waals surface area contributed by atoms with Crippen LogP contribution in [0.3, 0.4) is 0 Å². The Morgan fingerprint density at radius 3 is 2.85 bits per heavy atom. The Morgan fingerprint density at radius 1 is 1.37 bits per heavy atom. The number of aliphatic hydroxyl groups excluding tert-OH is 1. The predicted octanol–water partition coefficient (Wildman–Crippen LogP) is 2.98. The molecule has 1 aliphatic rings. The van der Waals surface area contributed by atoms with E-state index in [9.17, 15) is 0 Å². The quantitative estimate of drug-likeness (QED) is 0.319. The monoisotopic (exact) mass is 509 g/mol. The van der Waals surface area contributed by atoms with Gasteiger partial charge in [-0.1, -0.05) is 13.0 Å². The molecule has 1 atom stereocenters. The lowest BCUT2D eigenvalue weighted by Crippen LogP contribution is -2.48. The molecule has 1 heterocycles. The molecule has 1 fully saturated rings. The van der Waals surface area contributed by atoms with Gasteiger partial charge in [-0.3, -0.25) is 0 Å². The topological polar surface area (TPSA) is 66.3 Å². The molecule has 6 nitrogen and oxygen atoms in total. The van der Waals surface area contributed by atoms with E-state index in [0.29, 0.717) is 23.3 Å². The van der Waals surface area contributed by atoms with E-state index in [1.165, 1.54) is 6.42 Å². The van der Waals surface area contributed by atoms with Crippen LogP contribution >= 0.6 is 35.7 Å². The third-order valence-electron chi connectivity index (χ3n) is 4.22. The molecule has 8 heteroatoms. The zero-order valence-electron chi connectivity index (χ0n) is 16.4. The summed E-state index contributed by atoms with van der Waals surface area (Å²) in [6.07, 6.45) is 1.19. The first-order valence-electron chi connectivity index (χ1n) is 9.27. The van der Waals surface area contributed by atoms with Gasteiger partial charge in [0.25, 0.3) is 0 Å². The van der Waals surface area contributed by atoms with Crippen molar-refractivity contribution in [2.45, 2.75) is 32.1 Å². The molecular formula is C19H32IN3O3S. The fourth-order valence-electron chi connectivity index (χ4n) is 2.84. The second-order valence-electron chi connectivity index (χ2n) is 6.07. The highest BCUT2D eigenvalue weighted by atomic mass is 127. The summed E-state index contributed by atoms with van der Waals surface area (Å²) in [6.45, 7) is 8.10. The second kappa shape index (κ2) is 13.3. The standard InChI is InChI=1S/C19H31N3O3S.HI/c1-4-16-14-22(8-11-26-16)19(20-5-2)21-13-15-6-7-17(25-10-9-23)18(12-15)24-3;/h6-7,12,16,23H,4-5,8-11,13-14H2,1-3H3,(H,20,21);1H. The molecule has 1 unspecified atom stereocenters. The van der Waals surface area contributed by atoms with Gasteiger partial charge in [0.05, 0.1) is 20.3 Å². The molecule has 0 saturated carbocycles. The summed E-state index contributed by atoms with van der Waals surface area (Å²) in [5.74, 6) is 3.43. The van der Waals surface area contributed by atoms with Crippen molar-refractivity contribution in [3.63, 3.8) is 0 Å². The van der Waals surface area contributed by atoms with E-state index in [-0.39, 0.29) is 37.2 Å². The number of guanidine groups is 1. The maximum Gasteiger partial charge on any atom is 0.194 e. The lowest BCUT2D eigenvalue weighted by Gasteiger charge is -2.34. The molecule has 0 amide bonds. The van der Waals surface area contributed by atoms with Crippen LogP contribution < -0.4 is 14.8 Å². The number of nitrogens with one attached hydrogen (secondary N) is 1. The summed E-state index contributed by atoms with van der Waals surface area (Å²) in [4.78, 5) is 7.19. The number of aliphatic hydroxyl groups is 1. The average molecular weight is 509 g/mol. The van der Waals surface area contributed by atoms with Crippen molar-refractivity contribution in [3.8, 4) is 11.5 Å². The second-order valence-corrected chi connectivity index (χ2v) is 7.48. The van der Waals surface area contributed by atoms with Gasteiger partial charge in [0.2, 0.25) is 0 Å². The molecule has 2 rings (SSSR count). The van der Waals surface area contributed by atoms with Crippen LogP contribution in [0.25, 0.3) is 0 Å². The number of methoxy groups -OCH3 is 1. The maximum atomic E-state index is 8.91. The largest absolute Gasteiger partial charge is 0.493 e. The molecule has 1 aromatic carbocycles. The molecule has 1 aliphatic heterocycles. The minimum atomic E-state index is -0.0197. The van der Waals surface area contributed by atoms with Gasteiger partial charge in [-0.15, -0.1) is 24.0 Å². The summed E-state index contributed by atoms with van der Waals surface area (Å²) in [7, 11) is 1.62. The Kier molecular flexibility index (Phi) is 11.9. The zero-order valence-corrected chi connectivity index (χ0v) is 19.6. The first-order valence-corrected chi connectivity index (χ1v) is 10.3. The highest BCUT2D eigenvalue weighted by Gasteiger charge is 2.21. The lowest BCUT2D eigenvalue weighted by molar-refractivity contribution is 0.196. The summed E-state index contributed by atoms with van der Waals surface area (Å²) in [5.41, 5.74) is 1.06. The number of hydrogen-bond acceptors (Lipinski definition) is 5. The van der Waals surface area contributed by atoms with Crippen molar-refractivity contribution in [2.75, 3.05) is 45.7 Å². The Labute approximate surface area is 184 Å². The molecule has 154 valence electrons. The number of hydrogen-bond donors (Lipinski definition) is 2. The van der Waals surface area contributed by atoms with Crippen molar-refractivity contribution in [2.24, 2.45) is 4.99 Å². The summed E-state index contributed by atoms with van der Waals surface area (Å²) in [5, 5.41) is 13.0. The lowest BCUT2D eigenvalue weighted by atomic mass is 10.2. The van der Waals surface area contributed by atoms with E-state index in [1.54, 1.807) is 7.11 Å². The third kappa shape index (κ3) is 7.57. The van der Waals surface area contributed by atoms with Crippen molar-refractivity contribution in [3.05, 3.63) is 23.8 Å². The van der Waals surface area contributed by atoms with Crippen LogP contribution in [0.15, 0.2) is 23.2 Å². The van der Waals surface area contributed by atoms with Gasteiger partial charge in [0.15, 0.2) is 17.5 Å². The molecule has 0 spiro atoms. The van der Waals surface area contributed by atoms with Crippen LogP contribution in [0.5, 0.6) is 11.5 Å². The Balaban J connectivity index is 0.00000364. The molecule has 1 aromatic rings. The molecule has 1 saturated heterocycles. The zero-order chi connectivity index (χ0) is 18.8.